The van der Waals surface area contributed by atoms with Crippen LogP contribution in [0.4, 0.5) is 0 Å². The lowest BCUT2D eigenvalue weighted by molar-refractivity contribution is -0.687. The second kappa shape index (κ2) is 8.70. The van der Waals surface area contributed by atoms with E-state index in [9.17, 15) is 0 Å². The lowest BCUT2D eigenvalue weighted by Crippen LogP contribution is -2.32. The van der Waals surface area contributed by atoms with Gasteiger partial charge in [0.15, 0.2) is 19.0 Å². The Morgan fingerprint density at radius 2 is 1.60 bits per heavy atom. The van der Waals surface area contributed by atoms with Gasteiger partial charge >= 0.3 is 5.82 Å². The lowest BCUT2D eigenvalue weighted by atomic mass is 10.2. The number of aromatic nitrogens is 2. The second-order valence-corrected chi connectivity index (χ2v) is 5.35. The van der Waals surface area contributed by atoms with Gasteiger partial charge in [-0.1, -0.05) is 70.9 Å². The number of benzene rings is 2. The molecule has 0 aliphatic carbocycles. The lowest BCUT2D eigenvalue weighted by Gasteiger charge is -1.98. The normalized spacial score (nSPS) is 11.6. The summed E-state index contributed by atoms with van der Waals surface area (Å²) in [5.74, 6) is 0.848. The van der Waals surface area contributed by atoms with Crippen LogP contribution in [0.15, 0.2) is 83.3 Å². The van der Waals surface area contributed by atoms with Crippen molar-refractivity contribution in [2.75, 3.05) is 6.61 Å². The van der Waals surface area contributed by atoms with Gasteiger partial charge in [-0.05, 0) is 18.1 Å². The van der Waals surface area contributed by atoms with E-state index < -0.39 is 0 Å². The molecule has 5 heteroatoms. The van der Waals surface area contributed by atoms with Crippen LogP contribution < -0.4 is 4.68 Å². The monoisotopic (exact) mass is 333 g/mol. The van der Waals surface area contributed by atoms with E-state index in [1.165, 1.54) is 0 Å². The summed E-state index contributed by atoms with van der Waals surface area (Å²) in [6.07, 6.45) is 7.38. The molecule has 1 heterocycles. The van der Waals surface area contributed by atoms with Crippen molar-refractivity contribution in [2.45, 2.75) is 13.5 Å². The predicted octanol–water partition coefficient (Wildman–Crippen LogP) is 3.08. The highest BCUT2D eigenvalue weighted by atomic mass is 16.5. The first-order valence-corrected chi connectivity index (χ1v) is 8.25. The van der Waals surface area contributed by atoms with E-state index in [2.05, 4.69) is 10.2 Å². The number of nitrogens with zero attached hydrogens (tertiary/aromatic N) is 4. The van der Waals surface area contributed by atoms with Gasteiger partial charge in [0.1, 0.15) is 0 Å². The third kappa shape index (κ3) is 4.71. The summed E-state index contributed by atoms with van der Waals surface area (Å²) >= 11 is 0. The smallest absolute Gasteiger partial charge is 0.333 e. The fraction of sp³-hybridized carbons (Fsp3) is 0.150. The molecule has 0 spiro atoms. The Balaban J connectivity index is 1.85. The summed E-state index contributed by atoms with van der Waals surface area (Å²) in [7, 11) is 0. The van der Waals surface area contributed by atoms with Crippen LogP contribution in [0.5, 0.6) is 0 Å². The molecule has 2 aromatic carbocycles. The summed E-state index contributed by atoms with van der Waals surface area (Å²) in [6.45, 7) is 3.04. The standard InChI is InChI=1S/C20H21N4O/c1-2-25-17-20-23(21-15-18-9-5-3-6-10-18)13-14-24(20)22-16-19-11-7-4-8-12-19/h3-16H,2,17H2,1H3/q+1/b21-15-,22-16-. The van der Waals surface area contributed by atoms with Crippen molar-refractivity contribution in [3.8, 4) is 0 Å². The van der Waals surface area contributed by atoms with Crippen molar-refractivity contribution in [1.82, 2.24) is 4.68 Å². The molecule has 126 valence electrons. The van der Waals surface area contributed by atoms with Crippen molar-refractivity contribution in [1.29, 1.82) is 0 Å². The SMILES string of the molecule is CCOCc1n(/N=C\c2ccccc2)cc[n+]1/N=C\c1ccccc1. The molecule has 0 unspecified atom stereocenters. The van der Waals surface area contributed by atoms with Gasteiger partial charge < -0.3 is 4.74 Å². The molecule has 3 rings (SSSR count). The third-order valence-electron chi connectivity index (χ3n) is 3.57. The Morgan fingerprint density at radius 3 is 2.24 bits per heavy atom. The Labute approximate surface area is 147 Å². The summed E-state index contributed by atoms with van der Waals surface area (Å²) in [5.41, 5.74) is 2.08. The molecule has 0 fully saturated rings. The molecular weight excluding hydrogens is 312 g/mol. The first-order valence-electron chi connectivity index (χ1n) is 8.25. The molecule has 0 radical (unpaired) electrons. The zero-order valence-corrected chi connectivity index (χ0v) is 14.2. The van der Waals surface area contributed by atoms with Gasteiger partial charge in [0.05, 0.1) is 12.4 Å². The van der Waals surface area contributed by atoms with E-state index in [4.69, 9.17) is 4.74 Å². The minimum Gasteiger partial charge on any atom is -0.369 e. The molecule has 0 N–H and O–H groups in total. The maximum Gasteiger partial charge on any atom is 0.333 e. The van der Waals surface area contributed by atoms with Crippen LogP contribution in [0.25, 0.3) is 0 Å². The fourth-order valence-corrected chi connectivity index (χ4v) is 2.28. The molecular formula is C20H21N4O+. The van der Waals surface area contributed by atoms with Crippen LogP contribution in [-0.2, 0) is 11.3 Å². The number of ether oxygens (including phenoxy) is 1. The van der Waals surface area contributed by atoms with Crippen molar-refractivity contribution in [3.05, 3.63) is 90.0 Å². The van der Waals surface area contributed by atoms with E-state index in [0.717, 1.165) is 17.0 Å². The van der Waals surface area contributed by atoms with E-state index >= 15 is 0 Å². The zero-order chi connectivity index (χ0) is 17.3. The molecule has 25 heavy (non-hydrogen) atoms. The van der Waals surface area contributed by atoms with Crippen molar-refractivity contribution in [3.63, 3.8) is 0 Å². The van der Waals surface area contributed by atoms with Crippen LogP contribution in [0.1, 0.15) is 23.9 Å². The number of imidazole rings is 1. The van der Waals surface area contributed by atoms with Gasteiger partial charge in [-0.3, -0.25) is 0 Å². The highest BCUT2D eigenvalue weighted by Crippen LogP contribution is 2.01. The number of rotatable bonds is 7. The van der Waals surface area contributed by atoms with Crippen molar-refractivity contribution >= 4 is 12.4 Å². The quantitative estimate of drug-likeness (QED) is 0.484. The van der Waals surface area contributed by atoms with Gasteiger partial charge in [0.2, 0.25) is 0 Å². The second-order valence-electron chi connectivity index (χ2n) is 5.35. The predicted molar refractivity (Wildman–Crippen MR) is 98.8 cm³/mol. The van der Waals surface area contributed by atoms with Crippen LogP contribution in [-0.4, -0.2) is 23.7 Å². The molecule has 0 saturated heterocycles. The minimum atomic E-state index is 0.432. The molecule has 0 aliphatic rings. The number of hydrogen-bond acceptors (Lipinski definition) is 3. The Hall–Kier alpha value is -3.05. The van der Waals surface area contributed by atoms with Gasteiger partial charge in [-0.15, -0.1) is 9.35 Å². The third-order valence-corrected chi connectivity index (χ3v) is 3.57. The Bertz CT molecular complexity index is 772. The van der Waals surface area contributed by atoms with Crippen LogP contribution >= 0.6 is 0 Å². The van der Waals surface area contributed by atoms with E-state index in [-0.39, 0.29) is 0 Å². The molecule has 0 amide bonds. The Morgan fingerprint density at radius 1 is 0.960 bits per heavy atom. The highest BCUT2D eigenvalue weighted by molar-refractivity contribution is 5.79. The van der Waals surface area contributed by atoms with Gasteiger partial charge in [0.25, 0.3) is 0 Å². The molecule has 0 aliphatic heterocycles. The van der Waals surface area contributed by atoms with E-state index in [0.29, 0.717) is 13.2 Å². The van der Waals surface area contributed by atoms with Crippen LogP contribution in [0.3, 0.4) is 0 Å². The molecule has 0 bridgehead atoms. The van der Waals surface area contributed by atoms with Crippen molar-refractivity contribution in [2.24, 2.45) is 10.2 Å². The largest absolute Gasteiger partial charge is 0.369 e. The molecule has 3 aromatic rings. The van der Waals surface area contributed by atoms with Gasteiger partial charge in [0, 0.05) is 6.61 Å². The maximum atomic E-state index is 5.57. The number of hydrogen-bond donors (Lipinski definition) is 0. The first kappa shape index (κ1) is 16.8. The maximum absolute atomic E-state index is 5.57. The Kier molecular flexibility index (Phi) is 5.85. The van der Waals surface area contributed by atoms with Gasteiger partial charge in [-0.25, -0.2) is 0 Å². The fourth-order valence-electron chi connectivity index (χ4n) is 2.28. The highest BCUT2D eigenvalue weighted by Gasteiger charge is 2.17. The van der Waals surface area contributed by atoms with Gasteiger partial charge in [-0.2, -0.15) is 0 Å². The summed E-state index contributed by atoms with van der Waals surface area (Å²) < 4.78 is 9.14. The first-order chi connectivity index (χ1) is 12.4. The van der Waals surface area contributed by atoms with E-state index in [1.54, 1.807) is 9.35 Å². The molecule has 5 nitrogen and oxygen atoms in total. The average molecular weight is 333 g/mol. The molecule has 1 aromatic heterocycles. The summed E-state index contributed by atoms with van der Waals surface area (Å²) in [6, 6.07) is 20.0. The molecule has 0 saturated carbocycles. The zero-order valence-electron chi connectivity index (χ0n) is 14.2. The van der Waals surface area contributed by atoms with Crippen LogP contribution in [0.2, 0.25) is 0 Å². The van der Waals surface area contributed by atoms with Crippen molar-refractivity contribution < 1.29 is 9.41 Å². The minimum absolute atomic E-state index is 0.432. The van der Waals surface area contributed by atoms with Crippen LogP contribution in [0, 0.1) is 0 Å². The van der Waals surface area contributed by atoms with E-state index in [1.807, 2.05) is 92.4 Å². The molecule has 0 atom stereocenters. The summed E-state index contributed by atoms with van der Waals surface area (Å²) in [5, 5.41) is 9.04. The summed E-state index contributed by atoms with van der Waals surface area (Å²) in [4.78, 5) is 0. The average Bonchev–Trinajstić information content (AvgIpc) is 3.06. The topological polar surface area (TPSA) is 42.8 Å².